The van der Waals surface area contributed by atoms with Crippen LogP contribution in [-0.2, 0) is 4.79 Å². The van der Waals surface area contributed by atoms with Gasteiger partial charge in [0.2, 0.25) is 5.91 Å². The van der Waals surface area contributed by atoms with E-state index in [1.54, 1.807) is 6.20 Å². The lowest BCUT2D eigenvalue weighted by Crippen LogP contribution is -2.51. The number of hydrogen-bond donors (Lipinski definition) is 1. The van der Waals surface area contributed by atoms with E-state index in [1.807, 2.05) is 18.0 Å². The molecule has 5 nitrogen and oxygen atoms in total. The van der Waals surface area contributed by atoms with Gasteiger partial charge in [0.05, 0.1) is 17.6 Å². The Labute approximate surface area is 107 Å². The highest BCUT2D eigenvalue weighted by atomic mass is 16.2. The molecule has 18 heavy (non-hydrogen) atoms. The van der Waals surface area contributed by atoms with Crippen molar-refractivity contribution < 1.29 is 4.79 Å². The number of pyridine rings is 1. The molecule has 2 N–H and O–H groups in total. The van der Waals surface area contributed by atoms with Crippen molar-refractivity contribution in [2.45, 2.75) is 25.8 Å². The molecule has 0 saturated carbocycles. The standard InChI is InChI=1S/C13H18N4O/c1-9-6-15-7-11(14)13(9)16-4-5-17-10(8-16)2-3-12(17)18/h6-7,10H,2-5,8,14H2,1H3. The van der Waals surface area contributed by atoms with Crippen LogP contribution >= 0.6 is 0 Å². The highest BCUT2D eigenvalue weighted by Crippen LogP contribution is 2.31. The van der Waals surface area contributed by atoms with Crippen LogP contribution in [0.2, 0.25) is 0 Å². The summed E-state index contributed by atoms with van der Waals surface area (Å²) in [7, 11) is 0. The van der Waals surface area contributed by atoms with Crippen molar-refractivity contribution >= 4 is 17.3 Å². The molecule has 3 rings (SSSR count). The Balaban J connectivity index is 1.85. The Bertz CT molecular complexity index is 468. The van der Waals surface area contributed by atoms with Gasteiger partial charge in [0.25, 0.3) is 0 Å². The number of amides is 1. The lowest BCUT2D eigenvalue weighted by Gasteiger charge is -2.39. The zero-order valence-electron chi connectivity index (χ0n) is 10.6. The van der Waals surface area contributed by atoms with Crippen LogP contribution in [0.15, 0.2) is 12.4 Å². The molecule has 1 atom stereocenters. The number of aromatic nitrogens is 1. The quantitative estimate of drug-likeness (QED) is 0.795. The molecule has 0 bridgehead atoms. The van der Waals surface area contributed by atoms with Crippen molar-refractivity contribution in [3.05, 3.63) is 18.0 Å². The van der Waals surface area contributed by atoms with Crippen LogP contribution in [0, 0.1) is 6.92 Å². The second kappa shape index (κ2) is 4.15. The van der Waals surface area contributed by atoms with Crippen LogP contribution in [-0.4, -0.2) is 41.5 Å². The van der Waals surface area contributed by atoms with Crippen molar-refractivity contribution in [3.63, 3.8) is 0 Å². The van der Waals surface area contributed by atoms with Crippen LogP contribution in [0.4, 0.5) is 11.4 Å². The summed E-state index contributed by atoms with van der Waals surface area (Å²) in [5, 5.41) is 0. The lowest BCUT2D eigenvalue weighted by molar-refractivity contribution is -0.129. The molecule has 1 aromatic heterocycles. The molecule has 0 spiro atoms. The Morgan fingerprint density at radius 3 is 3.00 bits per heavy atom. The summed E-state index contributed by atoms with van der Waals surface area (Å²) in [5.74, 6) is 0.305. The molecular weight excluding hydrogens is 228 g/mol. The van der Waals surface area contributed by atoms with Crippen molar-refractivity contribution in [1.82, 2.24) is 9.88 Å². The third-order valence-electron chi connectivity index (χ3n) is 3.94. The number of fused-ring (bicyclic) bond motifs is 1. The Morgan fingerprint density at radius 1 is 1.39 bits per heavy atom. The summed E-state index contributed by atoms with van der Waals surface area (Å²) in [6.07, 6.45) is 5.22. The molecule has 2 fully saturated rings. The second-order valence-electron chi connectivity index (χ2n) is 5.12. The number of aryl methyl sites for hydroxylation is 1. The number of nitrogens with zero attached hydrogens (tertiary/aromatic N) is 3. The number of carbonyl (C=O) groups excluding carboxylic acids is 1. The number of piperazine rings is 1. The first-order valence-corrected chi connectivity index (χ1v) is 6.41. The van der Waals surface area contributed by atoms with E-state index in [0.29, 0.717) is 18.4 Å². The summed E-state index contributed by atoms with van der Waals surface area (Å²) in [6.45, 7) is 4.59. The van der Waals surface area contributed by atoms with Crippen LogP contribution in [0.1, 0.15) is 18.4 Å². The van der Waals surface area contributed by atoms with Gasteiger partial charge >= 0.3 is 0 Å². The van der Waals surface area contributed by atoms with Gasteiger partial charge in [-0.1, -0.05) is 0 Å². The van der Waals surface area contributed by atoms with E-state index in [-0.39, 0.29) is 0 Å². The fourth-order valence-electron chi connectivity index (χ4n) is 3.08. The maximum Gasteiger partial charge on any atom is 0.223 e. The number of hydrogen-bond acceptors (Lipinski definition) is 4. The minimum Gasteiger partial charge on any atom is -0.396 e. The third kappa shape index (κ3) is 1.70. The largest absolute Gasteiger partial charge is 0.396 e. The number of anilines is 2. The average molecular weight is 246 g/mol. The molecule has 0 radical (unpaired) electrons. The number of nitrogen functional groups attached to an aromatic ring is 1. The van der Waals surface area contributed by atoms with Gasteiger partial charge < -0.3 is 15.5 Å². The molecule has 1 unspecified atom stereocenters. The highest BCUT2D eigenvalue weighted by molar-refractivity contribution is 5.79. The van der Waals surface area contributed by atoms with Crippen LogP contribution in [0.25, 0.3) is 0 Å². The van der Waals surface area contributed by atoms with Crippen molar-refractivity contribution in [2.24, 2.45) is 0 Å². The molecule has 1 aromatic rings. The maximum absolute atomic E-state index is 11.7. The fraction of sp³-hybridized carbons (Fsp3) is 0.538. The van der Waals surface area contributed by atoms with Crippen LogP contribution in [0.3, 0.4) is 0 Å². The Kier molecular flexibility index (Phi) is 2.61. The van der Waals surface area contributed by atoms with Gasteiger partial charge in [-0.2, -0.15) is 0 Å². The number of rotatable bonds is 1. The first-order valence-electron chi connectivity index (χ1n) is 6.41. The summed E-state index contributed by atoms with van der Waals surface area (Å²) in [6, 6.07) is 0.359. The van der Waals surface area contributed by atoms with E-state index in [1.165, 1.54) is 0 Å². The molecule has 2 aliphatic heterocycles. The molecule has 96 valence electrons. The molecule has 2 saturated heterocycles. The third-order valence-corrected chi connectivity index (χ3v) is 3.94. The number of carbonyl (C=O) groups is 1. The maximum atomic E-state index is 11.7. The van der Waals surface area contributed by atoms with E-state index in [2.05, 4.69) is 9.88 Å². The van der Waals surface area contributed by atoms with E-state index < -0.39 is 0 Å². The molecule has 3 heterocycles. The minimum absolute atomic E-state index is 0.305. The van der Waals surface area contributed by atoms with Crippen molar-refractivity contribution in [3.8, 4) is 0 Å². The van der Waals surface area contributed by atoms with Gasteiger partial charge in [-0.25, -0.2) is 0 Å². The zero-order chi connectivity index (χ0) is 12.7. The first-order chi connectivity index (χ1) is 8.66. The molecule has 1 amide bonds. The van der Waals surface area contributed by atoms with Gasteiger partial charge in [0, 0.05) is 38.3 Å². The molecule has 0 aliphatic carbocycles. The minimum atomic E-state index is 0.305. The summed E-state index contributed by atoms with van der Waals surface area (Å²) in [5.41, 5.74) is 8.95. The SMILES string of the molecule is Cc1cncc(N)c1N1CCN2C(=O)CCC2C1. The zero-order valence-corrected chi connectivity index (χ0v) is 10.6. The Hall–Kier alpha value is -1.78. The summed E-state index contributed by atoms with van der Waals surface area (Å²) >= 11 is 0. The summed E-state index contributed by atoms with van der Waals surface area (Å²) < 4.78 is 0. The normalized spacial score (nSPS) is 23.4. The Morgan fingerprint density at radius 2 is 2.22 bits per heavy atom. The van der Waals surface area contributed by atoms with Gasteiger partial charge in [-0.05, 0) is 18.9 Å². The molecular formula is C13H18N4O. The van der Waals surface area contributed by atoms with Crippen LogP contribution < -0.4 is 10.6 Å². The van der Waals surface area contributed by atoms with Crippen molar-refractivity contribution in [2.75, 3.05) is 30.3 Å². The van der Waals surface area contributed by atoms with Gasteiger partial charge in [-0.15, -0.1) is 0 Å². The van der Waals surface area contributed by atoms with Gasteiger partial charge in [0.15, 0.2) is 0 Å². The highest BCUT2D eigenvalue weighted by Gasteiger charge is 2.36. The van der Waals surface area contributed by atoms with Gasteiger partial charge in [0.1, 0.15) is 0 Å². The first kappa shape index (κ1) is 11.3. The smallest absolute Gasteiger partial charge is 0.223 e. The second-order valence-corrected chi connectivity index (χ2v) is 5.12. The summed E-state index contributed by atoms with van der Waals surface area (Å²) in [4.78, 5) is 20.1. The topological polar surface area (TPSA) is 62.5 Å². The van der Waals surface area contributed by atoms with E-state index in [4.69, 9.17) is 5.73 Å². The van der Waals surface area contributed by atoms with Gasteiger partial charge in [-0.3, -0.25) is 9.78 Å². The molecule has 2 aliphatic rings. The molecule has 5 heteroatoms. The predicted octanol–water partition coefficient (Wildman–Crippen LogP) is 0.783. The predicted molar refractivity (Wildman–Crippen MR) is 70.3 cm³/mol. The average Bonchev–Trinajstić information content (AvgIpc) is 2.71. The van der Waals surface area contributed by atoms with E-state index >= 15 is 0 Å². The monoisotopic (exact) mass is 246 g/mol. The molecule has 0 aromatic carbocycles. The van der Waals surface area contributed by atoms with Crippen molar-refractivity contribution in [1.29, 1.82) is 0 Å². The van der Waals surface area contributed by atoms with E-state index in [0.717, 1.165) is 43.0 Å². The number of nitrogens with two attached hydrogens (primary N) is 1. The fourth-order valence-corrected chi connectivity index (χ4v) is 3.08. The van der Waals surface area contributed by atoms with Crippen LogP contribution in [0.5, 0.6) is 0 Å². The lowest BCUT2D eigenvalue weighted by atomic mass is 10.1. The van der Waals surface area contributed by atoms with E-state index in [9.17, 15) is 4.79 Å².